The summed E-state index contributed by atoms with van der Waals surface area (Å²) in [6.45, 7) is 3.81. The van der Waals surface area contributed by atoms with Crippen LogP contribution in [0.2, 0.25) is 0 Å². The number of carbonyl (C=O) groups excluding carboxylic acids is 2. The van der Waals surface area contributed by atoms with E-state index in [1.807, 2.05) is 19.9 Å². The number of nitrogens with one attached hydrogen (secondary N) is 2. The number of anilines is 1. The lowest BCUT2D eigenvalue weighted by Gasteiger charge is -2.28. The molecule has 5 heteroatoms. The van der Waals surface area contributed by atoms with Crippen LogP contribution in [0, 0.1) is 5.82 Å². The second-order valence-corrected chi connectivity index (χ2v) is 7.46. The molecular formula is C22H25FN2O2. The van der Waals surface area contributed by atoms with Crippen LogP contribution in [0.1, 0.15) is 55.5 Å². The van der Waals surface area contributed by atoms with Crippen LogP contribution >= 0.6 is 0 Å². The molecule has 2 aromatic rings. The molecule has 0 aliphatic heterocycles. The Bertz CT molecular complexity index is 824. The van der Waals surface area contributed by atoms with Gasteiger partial charge in [0, 0.05) is 17.3 Å². The van der Waals surface area contributed by atoms with Crippen LogP contribution in [0.3, 0.4) is 0 Å². The maximum Gasteiger partial charge on any atom is 0.251 e. The third-order valence-electron chi connectivity index (χ3n) is 5.09. The molecular weight excluding hydrogens is 343 g/mol. The number of benzene rings is 2. The van der Waals surface area contributed by atoms with Crippen LogP contribution in [0.25, 0.3) is 0 Å². The minimum atomic E-state index is -0.699. The van der Waals surface area contributed by atoms with Crippen molar-refractivity contribution in [3.8, 4) is 0 Å². The Kier molecular flexibility index (Phi) is 5.59. The number of halogens is 1. The number of rotatable bonds is 5. The first-order chi connectivity index (χ1) is 12.9. The predicted molar refractivity (Wildman–Crippen MR) is 104 cm³/mol. The highest BCUT2D eigenvalue weighted by atomic mass is 19.1. The van der Waals surface area contributed by atoms with E-state index in [4.69, 9.17) is 0 Å². The van der Waals surface area contributed by atoms with Crippen molar-refractivity contribution in [2.45, 2.75) is 51.0 Å². The molecule has 1 fully saturated rings. The fraction of sp³-hybridized carbons (Fsp3) is 0.364. The molecule has 0 atom stereocenters. The first kappa shape index (κ1) is 19.1. The van der Waals surface area contributed by atoms with Gasteiger partial charge in [-0.25, -0.2) is 4.39 Å². The molecule has 3 rings (SSSR count). The summed E-state index contributed by atoms with van der Waals surface area (Å²) in [5.41, 5.74) is 1.20. The molecule has 2 amide bonds. The number of hydrogen-bond acceptors (Lipinski definition) is 2. The van der Waals surface area contributed by atoms with Crippen LogP contribution in [-0.4, -0.2) is 17.9 Å². The summed E-state index contributed by atoms with van der Waals surface area (Å²) in [6, 6.07) is 13.2. The zero-order valence-corrected chi connectivity index (χ0v) is 15.7. The van der Waals surface area contributed by atoms with Crippen LogP contribution in [-0.2, 0) is 10.2 Å². The molecule has 27 heavy (non-hydrogen) atoms. The lowest BCUT2D eigenvalue weighted by molar-refractivity contribution is -0.121. The molecule has 0 spiro atoms. The van der Waals surface area contributed by atoms with Gasteiger partial charge in [-0.3, -0.25) is 9.59 Å². The van der Waals surface area contributed by atoms with E-state index in [1.54, 1.807) is 30.3 Å². The van der Waals surface area contributed by atoms with E-state index >= 15 is 0 Å². The monoisotopic (exact) mass is 368 g/mol. The van der Waals surface area contributed by atoms with Gasteiger partial charge >= 0.3 is 0 Å². The summed E-state index contributed by atoms with van der Waals surface area (Å²) in [7, 11) is 0. The molecule has 0 bridgehead atoms. The maximum absolute atomic E-state index is 13.7. The van der Waals surface area contributed by atoms with Gasteiger partial charge in [-0.05, 0) is 68.7 Å². The average molecular weight is 368 g/mol. The quantitative estimate of drug-likeness (QED) is 0.821. The average Bonchev–Trinajstić information content (AvgIpc) is 3.13. The van der Waals surface area contributed by atoms with Crippen molar-refractivity contribution in [3.05, 3.63) is 65.5 Å². The van der Waals surface area contributed by atoms with Crippen LogP contribution in [0.4, 0.5) is 10.1 Å². The van der Waals surface area contributed by atoms with Crippen molar-refractivity contribution in [3.63, 3.8) is 0 Å². The summed E-state index contributed by atoms with van der Waals surface area (Å²) >= 11 is 0. The summed E-state index contributed by atoms with van der Waals surface area (Å²) in [4.78, 5) is 25.1. The van der Waals surface area contributed by atoms with Gasteiger partial charge in [0.2, 0.25) is 5.91 Å². The highest BCUT2D eigenvalue weighted by Crippen LogP contribution is 2.42. The molecule has 0 saturated heterocycles. The van der Waals surface area contributed by atoms with Crippen molar-refractivity contribution < 1.29 is 14.0 Å². The van der Waals surface area contributed by atoms with Gasteiger partial charge in [-0.2, -0.15) is 0 Å². The Morgan fingerprint density at radius 1 is 1.04 bits per heavy atom. The van der Waals surface area contributed by atoms with Crippen LogP contribution < -0.4 is 10.6 Å². The summed E-state index contributed by atoms with van der Waals surface area (Å²) in [6.07, 6.45) is 3.30. The lowest BCUT2D eigenvalue weighted by Crippen LogP contribution is -2.38. The van der Waals surface area contributed by atoms with Crippen molar-refractivity contribution in [2.75, 3.05) is 5.32 Å². The van der Waals surface area contributed by atoms with Crippen LogP contribution in [0.5, 0.6) is 0 Å². The molecule has 1 saturated carbocycles. The van der Waals surface area contributed by atoms with Crippen molar-refractivity contribution >= 4 is 17.5 Å². The summed E-state index contributed by atoms with van der Waals surface area (Å²) in [5.74, 6) is -0.591. The Labute approximate surface area is 159 Å². The largest absolute Gasteiger partial charge is 0.350 e. The third kappa shape index (κ3) is 4.18. The van der Waals surface area contributed by atoms with E-state index in [2.05, 4.69) is 10.6 Å². The van der Waals surface area contributed by atoms with E-state index in [0.717, 1.165) is 18.4 Å². The molecule has 1 aliphatic carbocycles. The molecule has 4 nitrogen and oxygen atoms in total. The SMILES string of the molecule is CC(C)NC(=O)c1ccc(NC(=O)C2(c3cccc(F)c3)CCCC2)cc1. The Balaban J connectivity index is 1.78. The topological polar surface area (TPSA) is 58.2 Å². The first-order valence-electron chi connectivity index (χ1n) is 9.39. The van der Waals surface area contributed by atoms with E-state index in [-0.39, 0.29) is 23.7 Å². The number of hydrogen-bond donors (Lipinski definition) is 2. The second-order valence-electron chi connectivity index (χ2n) is 7.46. The minimum absolute atomic E-state index is 0.0605. The highest BCUT2D eigenvalue weighted by molar-refractivity contribution is 6.00. The van der Waals surface area contributed by atoms with Crippen LogP contribution in [0.15, 0.2) is 48.5 Å². The summed E-state index contributed by atoms with van der Waals surface area (Å²) < 4.78 is 13.7. The van der Waals surface area contributed by atoms with E-state index in [0.29, 0.717) is 24.1 Å². The number of carbonyl (C=O) groups is 2. The second kappa shape index (κ2) is 7.91. The summed E-state index contributed by atoms with van der Waals surface area (Å²) in [5, 5.41) is 5.79. The van der Waals surface area contributed by atoms with E-state index in [1.165, 1.54) is 12.1 Å². The third-order valence-corrected chi connectivity index (χ3v) is 5.09. The standard InChI is InChI=1S/C22H25FN2O2/c1-15(2)24-20(26)16-8-10-19(11-9-16)25-21(27)22(12-3-4-13-22)17-6-5-7-18(23)14-17/h5-11,14-15H,3-4,12-13H2,1-2H3,(H,24,26)(H,25,27). The molecule has 2 aromatic carbocycles. The number of amides is 2. The smallest absolute Gasteiger partial charge is 0.251 e. The fourth-order valence-electron chi connectivity index (χ4n) is 3.71. The zero-order chi connectivity index (χ0) is 19.4. The predicted octanol–water partition coefficient (Wildman–Crippen LogP) is 4.41. The van der Waals surface area contributed by atoms with Gasteiger partial charge in [-0.15, -0.1) is 0 Å². The Morgan fingerprint density at radius 2 is 1.70 bits per heavy atom. The fourth-order valence-corrected chi connectivity index (χ4v) is 3.71. The molecule has 1 aliphatic rings. The normalized spacial score (nSPS) is 15.6. The molecule has 0 heterocycles. The van der Waals surface area contributed by atoms with Crippen molar-refractivity contribution in [1.82, 2.24) is 5.32 Å². The van der Waals surface area contributed by atoms with Gasteiger partial charge in [0.15, 0.2) is 0 Å². The van der Waals surface area contributed by atoms with Gasteiger partial charge in [0.25, 0.3) is 5.91 Å². The highest BCUT2D eigenvalue weighted by Gasteiger charge is 2.42. The van der Waals surface area contributed by atoms with E-state index < -0.39 is 5.41 Å². The van der Waals surface area contributed by atoms with Gasteiger partial charge in [0.1, 0.15) is 5.82 Å². The van der Waals surface area contributed by atoms with Crippen molar-refractivity contribution in [1.29, 1.82) is 0 Å². The Morgan fingerprint density at radius 3 is 2.30 bits per heavy atom. The van der Waals surface area contributed by atoms with Crippen molar-refractivity contribution in [2.24, 2.45) is 0 Å². The molecule has 2 N–H and O–H groups in total. The minimum Gasteiger partial charge on any atom is -0.350 e. The lowest BCUT2D eigenvalue weighted by atomic mass is 9.78. The van der Waals surface area contributed by atoms with Gasteiger partial charge in [-0.1, -0.05) is 25.0 Å². The molecule has 142 valence electrons. The zero-order valence-electron chi connectivity index (χ0n) is 15.7. The molecule has 0 radical (unpaired) electrons. The van der Waals surface area contributed by atoms with Gasteiger partial charge in [0.05, 0.1) is 5.41 Å². The first-order valence-corrected chi connectivity index (χ1v) is 9.39. The van der Waals surface area contributed by atoms with Gasteiger partial charge < -0.3 is 10.6 Å². The molecule has 0 unspecified atom stereocenters. The molecule has 0 aromatic heterocycles. The maximum atomic E-state index is 13.7. The Hall–Kier alpha value is -2.69. The van der Waals surface area contributed by atoms with E-state index in [9.17, 15) is 14.0 Å².